The smallest absolute Gasteiger partial charge is 0.486 e. The molecule has 1 aliphatic heterocycles. The predicted octanol–water partition coefficient (Wildman–Crippen LogP) is 4.66. The van der Waals surface area contributed by atoms with Gasteiger partial charge in [0.05, 0.1) is 10.0 Å². The molecule has 0 fully saturated rings. The molecule has 0 saturated carbocycles. The summed E-state index contributed by atoms with van der Waals surface area (Å²) in [4.78, 5) is 0. The van der Waals surface area contributed by atoms with E-state index in [1.54, 1.807) is 18.2 Å². The van der Waals surface area contributed by atoms with E-state index in [0.29, 0.717) is 29.2 Å². The highest BCUT2D eigenvalue weighted by molar-refractivity contribution is 6.39. The fourth-order valence-corrected chi connectivity index (χ4v) is 3.12. The van der Waals surface area contributed by atoms with Crippen LogP contribution in [0.5, 0.6) is 17.2 Å². The fraction of sp³-hybridized carbons (Fsp3) is 0.250. The first-order valence-corrected chi connectivity index (χ1v) is 7.92. The van der Waals surface area contributed by atoms with Crippen LogP contribution in [0.4, 0.5) is 13.2 Å². The molecule has 0 spiro atoms. The SMILES string of the molecule is NC[C@H]1COc2cccc(-c3c(Cl)cc(OC(F)(F)F)cc3Cl)c2O1. The van der Waals surface area contributed by atoms with Gasteiger partial charge in [0.2, 0.25) is 0 Å². The van der Waals surface area contributed by atoms with Gasteiger partial charge in [0, 0.05) is 17.7 Å². The molecule has 0 bridgehead atoms. The standard InChI is InChI=1S/C16H12Cl2F3NO3/c17-11-4-8(25-16(19,20)21)5-12(18)14(11)10-2-1-3-13-15(10)24-9(6-22)7-23-13/h1-5,9H,6-7,22H2/t9-/m0/s1. The van der Waals surface area contributed by atoms with Gasteiger partial charge in [0.15, 0.2) is 11.5 Å². The summed E-state index contributed by atoms with van der Waals surface area (Å²) >= 11 is 12.3. The number of nitrogens with two attached hydrogens (primary N) is 1. The number of hydrogen-bond acceptors (Lipinski definition) is 4. The first-order valence-electron chi connectivity index (χ1n) is 7.16. The number of alkyl halides is 3. The number of halogens is 5. The minimum absolute atomic E-state index is 0.0152. The molecule has 134 valence electrons. The van der Waals surface area contributed by atoms with Crippen LogP contribution in [0.1, 0.15) is 0 Å². The average molecular weight is 394 g/mol. The highest BCUT2D eigenvalue weighted by Gasteiger charge is 2.32. The molecule has 1 aliphatic rings. The second-order valence-electron chi connectivity index (χ2n) is 5.23. The Morgan fingerprint density at radius 1 is 1.20 bits per heavy atom. The summed E-state index contributed by atoms with van der Waals surface area (Å²) in [5.41, 5.74) is 6.41. The lowest BCUT2D eigenvalue weighted by atomic mass is 10.0. The molecule has 0 radical (unpaired) electrons. The van der Waals surface area contributed by atoms with Crippen LogP contribution in [0, 0.1) is 0 Å². The number of para-hydroxylation sites is 1. The molecule has 2 N–H and O–H groups in total. The van der Waals surface area contributed by atoms with Gasteiger partial charge in [-0.25, -0.2) is 0 Å². The van der Waals surface area contributed by atoms with E-state index in [1.165, 1.54) is 0 Å². The topological polar surface area (TPSA) is 53.7 Å². The van der Waals surface area contributed by atoms with Crippen LogP contribution in [0.2, 0.25) is 10.0 Å². The third-order valence-electron chi connectivity index (χ3n) is 3.47. The average Bonchev–Trinajstić information content (AvgIpc) is 2.52. The Morgan fingerprint density at radius 2 is 1.88 bits per heavy atom. The number of benzene rings is 2. The largest absolute Gasteiger partial charge is 0.573 e. The molecule has 0 aliphatic carbocycles. The Labute approximate surface area is 151 Å². The van der Waals surface area contributed by atoms with Crippen molar-refractivity contribution in [1.29, 1.82) is 0 Å². The first-order chi connectivity index (χ1) is 11.8. The molecule has 0 saturated heterocycles. The molecule has 1 atom stereocenters. The molecule has 4 nitrogen and oxygen atoms in total. The third-order valence-corrected chi connectivity index (χ3v) is 4.07. The van der Waals surface area contributed by atoms with Gasteiger partial charge in [-0.2, -0.15) is 0 Å². The lowest BCUT2D eigenvalue weighted by molar-refractivity contribution is -0.274. The molecule has 1 heterocycles. The van der Waals surface area contributed by atoms with Crippen LogP contribution in [0.25, 0.3) is 11.1 Å². The van der Waals surface area contributed by atoms with Crippen molar-refractivity contribution in [2.75, 3.05) is 13.2 Å². The van der Waals surface area contributed by atoms with Crippen LogP contribution < -0.4 is 19.9 Å². The number of rotatable bonds is 3. The predicted molar refractivity (Wildman–Crippen MR) is 87.5 cm³/mol. The Morgan fingerprint density at radius 3 is 2.48 bits per heavy atom. The fourth-order valence-electron chi connectivity index (χ4n) is 2.45. The highest BCUT2D eigenvalue weighted by Crippen LogP contribution is 2.47. The molecule has 0 amide bonds. The number of ether oxygens (including phenoxy) is 3. The summed E-state index contributed by atoms with van der Waals surface area (Å²) in [5.74, 6) is 0.357. The van der Waals surface area contributed by atoms with Gasteiger partial charge in [-0.1, -0.05) is 35.3 Å². The summed E-state index contributed by atoms with van der Waals surface area (Å²) in [5, 5.41) is -0.0303. The Bertz CT molecular complexity index is 776. The summed E-state index contributed by atoms with van der Waals surface area (Å²) in [6.07, 6.45) is -5.19. The van der Waals surface area contributed by atoms with Crippen LogP contribution in [-0.4, -0.2) is 25.6 Å². The highest BCUT2D eigenvalue weighted by atomic mass is 35.5. The van der Waals surface area contributed by atoms with Gasteiger partial charge < -0.3 is 19.9 Å². The van der Waals surface area contributed by atoms with Crippen LogP contribution in [-0.2, 0) is 0 Å². The second-order valence-corrected chi connectivity index (χ2v) is 6.04. The molecule has 25 heavy (non-hydrogen) atoms. The van der Waals surface area contributed by atoms with Crippen molar-refractivity contribution in [2.24, 2.45) is 5.73 Å². The second kappa shape index (κ2) is 6.82. The normalized spacial score (nSPS) is 16.6. The van der Waals surface area contributed by atoms with E-state index in [1.807, 2.05) is 0 Å². The molecule has 2 aromatic rings. The summed E-state index contributed by atoms with van der Waals surface area (Å²) < 4.78 is 52.4. The third kappa shape index (κ3) is 3.89. The summed E-state index contributed by atoms with van der Waals surface area (Å²) in [6.45, 7) is 0.542. The molecular formula is C16H12Cl2F3NO3. The number of fused-ring (bicyclic) bond motifs is 1. The maximum atomic E-state index is 12.4. The maximum absolute atomic E-state index is 12.4. The van der Waals surface area contributed by atoms with Crippen LogP contribution in [0.15, 0.2) is 30.3 Å². The van der Waals surface area contributed by atoms with Gasteiger partial charge >= 0.3 is 6.36 Å². The van der Waals surface area contributed by atoms with Crippen molar-refractivity contribution in [2.45, 2.75) is 12.5 Å². The Kier molecular flexibility index (Phi) is 4.90. The van der Waals surface area contributed by atoms with Crippen molar-refractivity contribution in [1.82, 2.24) is 0 Å². The van der Waals surface area contributed by atoms with E-state index >= 15 is 0 Å². The molecule has 0 unspecified atom stereocenters. The van der Waals surface area contributed by atoms with E-state index in [2.05, 4.69) is 4.74 Å². The van der Waals surface area contributed by atoms with E-state index < -0.39 is 12.1 Å². The molecule has 0 aromatic heterocycles. The van der Waals surface area contributed by atoms with Gasteiger partial charge in [0.25, 0.3) is 0 Å². The van der Waals surface area contributed by atoms with Gasteiger partial charge in [-0.15, -0.1) is 13.2 Å². The van der Waals surface area contributed by atoms with E-state index in [-0.39, 0.29) is 22.7 Å². The Balaban J connectivity index is 2.06. The number of hydrogen-bond donors (Lipinski definition) is 1. The quantitative estimate of drug-likeness (QED) is 0.823. The monoisotopic (exact) mass is 393 g/mol. The molecule has 3 rings (SSSR count). The first kappa shape index (κ1) is 18.0. The minimum Gasteiger partial charge on any atom is -0.486 e. The van der Waals surface area contributed by atoms with Crippen LogP contribution >= 0.6 is 23.2 Å². The zero-order valence-electron chi connectivity index (χ0n) is 12.6. The molecule has 9 heteroatoms. The van der Waals surface area contributed by atoms with Crippen molar-refractivity contribution in [3.8, 4) is 28.4 Å². The van der Waals surface area contributed by atoms with Gasteiger partial charge in [-0.05, 0) is 18.2 Å². The maximum Gasteiger partial charge on any atom is 0.573 e. The van der Waals surface area contributed by atoms with Crippen molar-refractivity contribution >= 4 is 23.2 Å². The Hall–Kier alpha value is -1.83. The van der Waals surface area contributed by atoms with Gasteiger partial charge in [-0.3, -0.25) is 0 Å². The van der Waals surface area contributed by atoms with Crippen molar-refractivity contribution in [3.05, 3.63) is 40.4 Å². The lowest BCUT2D eigenvalue weighted by Crippen LogP contribution is -2.35. The van der Waals surface area contributed by atoms with E-state index in [0.717, 1.165) is 12.1 Å². The van der Waals surface area contributed by atoms with E-state index in [4.69, 9.17) is 38.4 Å². The molecule has 2 aromatic carbocycles. The minimum atomic E-state index is -4.84. The van der Waals surface area contributed by atoms with Crippen molar-refractivity contribution in [3.63, 3.8) is 0 Å². The summed E-state index contributed by atoms with van der Waals surface area (Å²) in [6, 6.07) is 7.17. The van der Waals surface area contributed by atoms with E-state index in [9.17, 15) is 13.2 Å². The van der Waals surface area contributed by atoms with Crippen molar-refractivity contribution < 1.29 is 27.4 Å². The van der Waals surface area contributed by atoms with Gasteiger partial charge in [0.1, 0.15) is 18.5 Å². The lowest BCUT2D eigenvalue weighted by Gasteiger charge is -2.27. The van der Waals surface area contributed by atoms with Crippen LogP contribution in [0.3, 0.4) is 0 Å². The summed E-state index contributed by atoms with van der Waals surface area (Å²) in [7, 11) is 0. The zero-order valence-corrected chi connectivity index (χ0v) is 14.1. The zero-order chi connectivity index (χ0) is 18.2. The molecular weight excluding hydrogens is 382 g/mol.